The van der Waals surface area contributed by atoms with E-state index in [2.05, 4.69) is 18.8 Å². The Kier molecular flexibility index (Phi) is 5.22. The van der Waals surface area contributed by atoms with Gasteiger partial charge in [-0.1, -0.05) is 27.7 Å². The number of carbonyl (C=O) groups excluding carboxylic acids is 1. The molecule has 0 radical (unpaired) electrons. The highest BCUT2D eigenvalue weighted by Crippen LogP contribution is 2.25. The summed E-state index contributed by atoms with van der Waals surface area (Å²) in [6.45, 7) is 10.1. The molecule has 1 fully saturated rings. The van der Waals surface area contributed by atoms with Crippen LogP contribution in [0.4, 0.5) is 4.39 Å². The summed E-state index contributed by atoms with van der Waals surface area (Å²) < 4.78 is 13.1. The van der Waals surface area contributed by atoms with Crippen molar-refractivity contribution >= 4 is 16.8 Å². The van der Waals surface area contributed by atoms with Gasteiger partial charge in [0, 0.05) is 30.2 Å². The molecule has 0 saturated carbocycles. The van der Waals surface area contributed by atoms with Crippen molar-refractivity contribution in [3.8, 4) is 0 Å². The van der Waals surface area contributed by atoms with Crippen molar-refractivity contribution in [1.82, 2.24) is 9.88 Å². The lowest BCUT2D eigenvalue weighted by molar-refractivity contribution is -0.137. The van der Waals surface area contributed by atoms with Crippen LogP contribution in [0.15, 0.2) is 24.4 Å². The van der Waals surface area contributed by atoms with Gasteiger partial charge in [0.25, 0.3) is 0 Å². The lowest BCUT2D eigenvalue weighted by Crippen LogP contribution is -2.52. The van der Waals surface area contributed by atoms with Crippen LogP contribution in [0, 0.1) is 17.7 Å². The third-order valence-electron chi connectivity index (χ3n) is 4.28. The van der Waals surface area contributed by atoms with Gasteiger partial charge >= 0.3 is 0 Å². The van der Waals surface area contributed by atoms with Crippen LogP contribution >= 0.6 is 0 Å². The van der Waals surface area contributed by atoms with E-state index in [4.69, 9.17) is 0 Å². The fourth-order valence-corrected chi connectivity index (χ4v) is 2.72. The largest absolute Gasteiger partial charge is 0.361 e. The topological polar surface area (TPSA) is 36.1 Å². The average Bonchev–Trinajstić information content (AvgIpc) is 2.81. The molecule has 1 saturated heterocycles. The number of carbonyl (C=O) groups is 1. The van der Waals surface area contributed by atoms with Crippen LogP contribution in [-0.4, -0.2) is 28.9 Å². The van der Waals surface area contributed by atoms with Crippen LogP contribution in [0.2, 0.25) is 0 Å². The molecule has 2 heterocycles. The van der Waals surface area contributed by atoms with Crippen molar-refractivity contribution in [3.05, 3.63) is 35.8 Å². The molecule has 4 heteroatoms. The number of benzene rings is 1. The maximum absolute atomic E-state index is 13.1. The summed E-state index contributed by atoms with van der Waals surface area (Å²) in [6.07, 6.45) is 2.19. The highest BCUT2D eigenvalue weighted by atomic mass is 19.1. The van der Waals surface area contributed by atoms with Gasteiger partial charge in [-0.3, -0.25) is 4.79 Å². The first-order valence-corrected chi connectivity index (χ1v) is 8.08. The monoisotopic (exact) mass is 304 g/mol. The van der Waals surface area contributed by atoms with E-state index in [1.54, 1.807) is 6.07 Å². The van der Waals surface area contributed by atoms with Crippen molar-refractivity contribution in [2.45, 2.75) is 34.1 Å². The van der Waals surface area contributed by atoms with Gasteiger partial charge in [0.2, 0.25) is 5.91 Å². The molecule has 3 nitrogen and oxygen atoms in total. The fraction of sp³-hybridized carbons (Fsp3) is 0.500. The van der Waals surface area contributed by atoms with Crippen molar-refractivity contribution < 1.29 is 9.18 Å². The number of amides is 1. The van der Waals surface area contributed by atoms with Crippen molar-refractivity contribution in [1.29, 1.82) is 0 Å². The fourth-order valence-electron chi connectivity index (χ4n) is 2.72. The molecule has 0 unspecified atom stereocenters. The molecule has 120 valence electrons. The zero-order valence-electron chi connectivity index (χ0n) is 13.8. The van der Waals surface area contributed by atoms with Gasteiger partial charge in [0.1, 0.15) is 5.82 Å². The van der Waals surface area contributed by atoms with Crippen LogP contribution < -0.4 is 0 Å². The summed E-state index contributed by atoms with van der Waals surface area (Å²) >= 11 is 0. The average molecular weight is 304 g/mol. The Hall–Kier alpha value is -1.84. The number of nitrogens with one attached hydrogen (secondary N) is 1. The summed E-state index contributed by atoms with van der Waals surface area (Å²) in [5.74, 6) is 1.16. The van der Waals surface area contributed by atoms with Crippen LogP contribution in [0.3, 0.4) is 0 Å². The molecule has 0 spiro atoms. The van der Waals surface area contributed by atoms with Crippen LogP contribution in [0.5, 0.6) is 0 Å². The molecule has 0 atom stereocenters. The van der Waals surface area contributed by atoms with Crippen LogP contribution in [0.1, 0.15) is 33.3 Å². The smallest absolute Gasteiger partial charge is 0.227 e. The van der Waals surface area contributed by atoms with Crippen LogP contribution in [-0.2, 0) is 11.2 Å². The van der Waals surface area contributed by atoms with Crippen molar-refractivity contribution in [2.24, 2.45) is 11.8 Å². The first kappa shape index (κ1) is 16.5. The second-order valence-corrected chi connectivity index (χ2v) is 5.98. The Morgan fingerprint density at radius 1 is 1.36 bits per heavy atom. The normalized spacial score (nSPS) is 14.7. The zero-order valence-corrected chi connectivity index (χ0v) is 13.8. The summed E-state index contributed by atoms with van der Waals surface area (Å²) in [6, 6.07) is 4.63. The first-order chi connectivity index (χ1) is 10.5. The summed E-state index contributed by atoms with van der Waals surface area (Å²) in [4.78, 5) is 17.1. The van der Waals surface area contributed by atoms with Crippen molar-refractivity contribution in [3.63, 3.8) is 0 Å². The van der Waals surface area contributed by atoms with Gasteiger partial charge in [-0.25, -0.2) is 4.39 Å². The maximum atomic E-state index is 13.1. The van der Waals surface area contributed by atoms with Gasteiger partial charge < -0.3 is 9.88 Å². The lowest BCUT2D eigenvalue weighted by Gasteiger charge is -2.41. The molecular formula is C18H25FN2O. The molecule has 0 bridgehead atoms. The van der Waals surface area contributed by atoms with Gasteiger partial charge in [0.05, 0.1) is 6.42 Å². The highest BCUT2D eigenvalue weighted by Gasteiger charge is 2.32. The molecule has 1 aromatic heterocycles. The SMILES string of the molecule is CC.CC(C)C1CN(C(=O)Cc2c[nH]c3cc(F)ccc23)C1. The van der Waals surface area contributed by atoms with E-state index < -0.39 is 0 Å². The lowest BCUT2D eigenvalue weighted by atomic mass is 9.88. The molecular weight excluding hydrogens is 279 g/mol. The van der Waals surface area contributed by atoms with Crippen LogP contribution in [0.25, 0.3) is 10.9 Å². The molecule has 1 aliphatic heterocycles. The number of hydrogen-bond acceptors (Lipinski definition) is 1. The Bertz CT molecular complexity index is 642. The van der Waals surface area contributed by atoms with E-state index in [0.717, 1.165) is 29.6 Å². The van der Waals surface area contributed by atoms with Gasteiger partial charge in [-0.2, -0.15) is 0 Å². The summed E-state index contributed by atoms with van der Waals surface area (Å²) in [5, 5.41) is 0.931. The van der Waals surface area contributed by atoms with E-state index >= 15 is 0 Å². The number of halogens is 1. The Morgan fingerprint density at radius 2 is 2.05 bits per heavy atom. The predicted molar refractivity (Wildman–Crippen MR) is 88.2 cm³/mol. The van der Waals surface area contributed by atoms with E-state index in [9.17, 15) is 9.18 Å². The molecule has 2 aromatic rings. The molecule has 22 heavy (non-hydrogen) atoms. The maximum Gasteiger partial charge on any atom is 0.227 e. The highest BCUT2D eigenvalue weighted by molar-refractivity contribution is 5.89. The second-order valence-electron chi connectivity index (χ2n) is 5.98. The minimum atomic E-state index is -0.264. The van der Waals surface area contributed by atoms with Gasteiger partial charge in [0.15, 0.2) is 0 Å². The predicted octanol–water partition coefficient (Wildman–Crippen LogP) is 3.99. The van der Waals surface area contributed by atoms with Gasteiger partial charge in [-0.15, -0.1) is 0 Å². The Morgan fingerprint density at radius 3 is 2.68 bits per heavy atom. The minimum Gasteiger partial charge on any atom is -0.361 e. The number of rotatable bonds is 3. The zero-order chi connectivity index (χ0) is 16.3. The Labute approximate surface area is 131 Å². The summed E-state index contributed by atoms with van der Waals surface area (Å²) in [7, 11) is 0. The number of nitrogens with zero attached hydrogens (tertiary/aromatic N) is 1. The molecule has 0 aliphatic carbocycles. The first-order valence-electron chi connectivity index (χ1n) is 8.08. The quantitative estimate of drug-likeness (QED) is 0.914. The number of aromatic amines is 1. The Balaban J connectivity index is 0.000000847. The van der Waals surface area contributed by atoms with Gasteiger partial charge in [-0.05, 0) is 35.6 Å². The van der Waals surface area contributed by atoms with E-state index in [1.165, 1.54) is 12.1 Å². The minimum absolute atomic E-state index is 0.159. The number of fused-ring (bicyclic) bond motifs is 1. The third-order valence-corrected chi connectivity index (χ3v) is 4.28. The van der Waals surface area contributed by atoms with E-state index in [0.29, 0.717) is 18.3 Å². The second kappa shape index (κ2) is 6.95. The third kappa shape index (κ3) is 3.32. The van der Waals surface area contributed by atoms with E-state index in [1.807, 2.05) is 24.9 Å². The standard InChI is InChI=1S/C16H19FN2O.C2H6/c1-10(2)12-8-19(9-12)16(20)5-11-7-18-15-6-13(17)3-4-14(11)15;1-2/h3-4,6-7,10,12,18H,5,8-9H2,1-2H3;1-2H3. The van der Waals surface area contributed by atoms with E-state index in [-0.39, 0.29) is 11.7 Å². The molecule has 3 rings (SSSR count). The number of likely N-dealkylation sites (tertiary alicyclic amines) is 1. The molecule has 1 N–H and O–H groups in total. The molecule has 1 aliphatic rings. The molecule has 1 aromatic carbocycles. The number of H-pyrrole nitrogens is 1. The number of aromatic nitrogens is 1. The molecule has 1 amide bonds. The summed E-state index contributed by atoms with van der Waals surface area (Å²) in [5.41, 5.74) is 1.69. The number of hydrogen-bond donors (Lipinski definition) is 1. The van der Waals surface area contributed by atoms with Crippen molar-refractivity contribution in [2.75, 3.05) is 13.1 Å².